The summed E-state index contributed by atoms with van der Waals surface area (Å²) in [4.78, 5) is 0. The number of methoxy groups -OCH3 is 1. The number of hydrogen-bond donors (Lipinski definition) is 1. The van der Waals surface area contributed by atoms with Crippen molar-refractivity contribution in [2.45, 2.75) is 0 Å². The molecule has 0 aromatic carbocycles. The summed E-state index contributed by atoms with van der Waals surface area (Å²) in [6.45, 7) is 0.557. The van der Waals surface area contributed by atoms with Crippen LogP contribution < -0.4 is 0 Å². The van der Waals surface area contributed by atoms with Gasteiger partial charge in [0.05, 0.1) is 6.61 Å². The second-order valence-corrected chi connectivity index (χ2v) is 1.83. The summed E-state index contributed by atoms with van der Waals surface area (Å²) >= 11 is 4.66. The Hall–Kier alpha value is -0.190. The van der Waals surface area contributed by atoms with E-state index in [1.807, 2.05) is 0 Å². The molecule has 1 N–H and O–H groups in total. The average molecular weight is 150 g/mol. The molecule has 0 radical (unpaired) electrons. The molecule has 0 bridgehead atoms. The first-order valence-electron chi connectivity index (χ1n) is 2.56. The lowest BCUT2D eigenvalue weighted by atomic mass is 10.7. The Morgan fingerprint density at radius 3 is 2.78 bits per heavy atom. The van der Waals surface area contributed by atoms with Crippen LogP contribution in [0.2, 0.25) is 0 Å². The van der Waals surface area contributed by atoms with Crippen molar-refractivity contribution < 1.29 is 14.6 Å². The Morgan fingerprint density at radius 2 is 2.33 bits per heavy atom. The lowest BCUT2D eigenvalue weighted by Gasteiger charge is -2.02. The van der Waals surface area contributed by atoms with Crippen molar-refractivity contribution in [2.75, 3.05) is 26.9 Å². The van der Waals surface area contributed by atoms with Crippen LogP contribution in [0.3, 0.4) is 0 Å². The molecule has 4 heteroatoms. The molecule has 0 aliphatic carbocycles. The number of aliphatic hydroxyl groups excluding tert-OH is 1. The Balaban J connectivity index is 3.06. The van der Waals surface area contributed by atoms with E-state index in [1.165, 1.54) is 7.11 Å². The van der Waals surface area contributed by atoms with Crippen LogP contribution in [0.1, 0.15) is 0 Å². The standard InChI is InChI=1S/C5H10O3S/c1-7-4-5(9)8-3-2-6/h6H,2-4H2,1H3. The maximum atomic E-state index is 8.26. The number of hydrogen-bond acceptors (Lipinski definition) is 4. The van der Waals surface area contributed by atoms with Gasteiger partial charge in [-0.25, -0.2) is 0 Å². The van der Waals surface area contributed by atoms with Gasteiger partial charge in [0, 0.05) is 7.11 Å². The minimum absolute atomic E-state index is 0.0101. The van der Waals surface area contributed by atoms with E-state index in [9.17, 15) is 0 Å². The molecule has 0 atom stereocenters. The van der Waals surface area contributed by atoms with Crippen molar-refractivity contribution >= 4 is 17.3 Å². The van der Waals surface area contributed by atoms with E-state index in [4.69, 9.17) is 9.84 Å². The van der Waals surface area contributed by atoms with E-state index in [2.05, 4.69) is 17.0 Å². The highest BCUT2D eigenvalue weighted by molar-refractivity contribution is 7.80. The van der Waals surface area contributed by atoms with Crippen LogP contribution in [-0.2, 0) is 9.47 Å². The van der Waals surface area contributed by atoms with Gasteiger partial charge in [-0.3, -0.25) is 0 Å². The molecule has 54 valence electrons. The monoisotopic (exact) mass is 150 g/mol. The maximum absolute atomic E-state index is 8.26. The predicted octanol–water partition coefficient (Wildman–Crippen LogP) is -0.0309. The number of ether oxygens (including phenoxy) is 2. The average Bonchev–Trinajstić information content (AvgIpc) is 1.85. The highest BCUT2D eigenvalue weighted by atomic mass is 32.1. The molecular formula is C5H10O3S. The molecule has 0 unspecified atom stereocenters. The number of thiocarbonyl (C=S) groups is 1. The molecule has 0 saturated carbocycles. The van der Waals surface area contributed by atoms with Gasteiger partial charge in [-0.15, -0.1) is 0 Å². The van der Waals surface area contributed by atoms with Gasteiger partial charge in [-0.05, 0) is 12.2 Å². The minimum atomic E-state index is -0.0101. The maximum Gasteiger partial charge on any atom is 0.185 e. The fourth-order valence-corrected chi connectivity index (χ4v) is 0.520. The van der Waals surface area contributed by atoms with Gasteiger partial charge in [0.1, 0.15) is 13.2 Å². The van der Waals surface area contributed by atoms with Crippen molar-refractivity contribution in [1.82, 2.24) is 0 Å². The SMILES string of the molecule is COCC(=S)OCCO. The molecule has 0 aliphatic rings. The van der Waals surface area contributed by atoms with E-state index in [1.54, 1.807) is 0 Å². The summed E-state index contributed by atoms with van der Waals surface area (Å²) in [6, 6.07) is 0. The van der Waals surface area contributed by atoms with Crippen LogP contribution >= 0.6 is 12.2 Å². The fraction of sp³-hybridized carbons (Fsp3) is 0.800. The minimum Gasteiger partial charge on any atom is -0.482 e. The number of rotatable bonds is 4. The van der Waals surface area contributed by atoms with Gasteiger partial charge in [-0.2, -0.15) is 0 Å². The Kier molecular flexibility index (Phi) is 5.81. The normalized spacial score (nSPS) is 9.11. The van der Waals surface area contributed by atoms with Crippen molar-refractivity contribution in [3.05, 3.63) is 0 Å². The van der Waals surface area contributed by atoms with E-state index in [0.29, 0.717) is 11.7 Å². The third kappa shape index (κ3) is 5.68. The first-order chi connectivity index (χ1) is 4.31. The highest BCUT2D eigenvalue weighted by Crippen LogP contribution is 1.81. The fourth-order valence-electron chi connectivity index (χ4n) is 0.319. The molecule has 0 aromatic heterocycles. The van der Waals surface area contributed by atoms with Crippen LogP contribution in [-0.4, -0.2) is 37.1 Å². The molecular weight excluding hydrogens is 140 g/mol. The topological polar surface area (TPSA) is 38.7 Å². The Bertz CT molecular complexity index is 84.3. The zero-order valence-corrected chi connectivity index (χ0v) is 6.11. The van der Waals surface area contributed by atoms with E-state index in [-0.39, 0.29) is 13.2 Å². The molecule has 0 saturated heterocycles. The quantitative estimate of drug-likeness (QED) is 0.571. The van der Waals surface area contributed by atoms with Crippen molar-refractivity contribution in [3.8, 4) is 0 Å². The smallest absolute Gasteiger partial charge is 0.185 e. The molecule has 9 heavy (non-hydrogen) atoms. The van der Waals surface area contributed by atoms with Crippen molar-refractivity contribution in [3.63, 3.8) is 0 Å². The van der Waals surface area contributed by atoms with Crippen LogP contribution in [0.4, 0.5) is 0 Å². The summed E-state index contributed by atoms with van der Waals surface area (Å²) in [5, 5.41) is 8.64. The van der Waals surface area contributed by atoms with Crippen LogP contribution in [0.15, 0.2) is 0 Å². The largest absolute Gasteiger partial charge is 0.482 e. The molecule has 0 aromatic rings. The molecule has 0 fully saturated rings. The summed E-state index contributed by atoms with van der Waals surface area (Å²) in [5.74, 6) is 0. The van der Waals surface area contributed by atoms with Gasteiger partial charge in [0.25, 0.3) is 0 Å². The van der Waals surface area contributed by atoms with Crippen molar-refractivity contribution in [2.24, 2.45) is 0 Å². The third-order valence-electron chi connectivity index (χ3n) is 0.617. The lowest BCUT2D eigenvalue weighted by molar-refractivity contribution is 0.171. The molecule has 0 amide bonds. The van der Waals surface area contributed by atoms with Gasteiger partial charge in [-0.1, -0.05) is 0 Å². The summed E-state index contributed by atoms with van der Waals surface area (Å²) in [7, 11) is 1.54. The predicted molar refractivity (Wildman–Crippen MR) is 37.5 cm³/mol. The molecule has 3 nitrogen and oxygen atoms in total. The van der Waals surface area contributed by atoms with E-state index in [0.717, 1.165) is 0 Å². The van der Waals surface area contributed by atoms with Crippen LogP contribution in [0.25, 0.3) is 0 Å². The third-order valence-corrected chi connectivity index (χ3v) is 0.852. The van der Waals surface area contributed by atoms with Gasteiger partial charge in [0.15, 0.2) is 5.05 Å². The zero-order valence-electron chi connectivity index (χ0n) is 5.29. The second-order valence-electron chi connectivity index (χ2n) is 1.38. The number of aliphatic hydroxyl groups is 1. The van der Waals surface area contributed by atoms with Crippen molar-refractivity contribution in [1.29, 1.82) is 0 Å². The van der Waals surface area contributed by atoms with Crippen LogP contribution in [0.5, 0.6) is 0 Å². The second kappa shape index (κ2) is 5.94. The molecule has 0 spiro atoms. The highest BCUT2D eigenvalue weighted by Gasteiger charge is 1.92. The Morgan fingerprint density at radius 1 is 1.67 bits per heavy atom. The van der Waals surface area contributed by atoms with Gasteiger partial charge >= 0.3 is 0 Å². The first-order valence-corrected chi connectivity index (χ1v) is 2.97. The summed E-state index contributed by atoms with van der Waals surface area (Å²) in [5.41, 5.74) is 0. The summed E-state index contributed by atoms with van der Waals surface area (Å²) < 4.78 is 9.44. The molecule has 0 heterocycles. The Labute approximate surface area is 59.6 Å². The molecule has 0 rings (SSSR count). The van der Waals surface area contributed by atoms with Crippen LogP contribution in [0, 0.1) is 0 Å². The summed E-state index contributed by atoms with van der Waals surface area (Å²) in [6.07, 6.45) is 0. The van der Waals surface area contributed by atoms with E-state index < -0.39 is 0 Å². The lowest BCUT2D eigenvalue weighted by Crippen LogP contribution is -2.11. The van der Waals surface area contributed by atoms with E-state index >= 15 is 0 Å². The van der Waals surface area contributed by atoms with Gasteiger partial charge in [0.2, 0.25) is 0 Å². The molecule has 0 aliphatic heterocycles. The first kappa shape index (κ1) is 8.81. The van der Waals surface area contributed by atoms with Gasteiger partial charge < -0.3 is 14.6 Å². The zero-order chi connectivity index (χ0) is 7.11.